The minimum Gasteiger partial charge on any atom is -0.457 e. The normalized spacial score (nSPS) is 12.3. The zero-order chi connectivity index (χ0) is 39.1. The highest BCUT2D eigenvalue weighted by molar-refractivity contribution is 6.09. The second-order valence-electron chi connectivity index (χ2n) is 17.7. The number of aromatic nitrogens is 4. The molecule has 3 aromatic heterocycles. The predicted molar refractivity (Wildman–Crippen MR) is 232 cm³/mol. The van der Waals surface area contributed by atoms with Crippen LogP contribution >= 0.6 is 0 Å². The van der Waals surface area contributed by atoms with Crippen molar-refractivity contribution in [3.8, 4) is 34.1 Å². The van der Waals surface area contributed by atoms with Gasteiger partial charge >= 0.3 is 0 Å². The van der Waals surface area contributed by atoms with Gasteiger partial charge in [-0.2, -0.15) is 5.10 Å². The maximum absolute atomic E-state index is 6.90. The van der Waals surface area contributed by atoms with Gasteiger partial charge in [-0.25, -0.2) is 9.67 Å². The smallest absolute Gasteiger partial charge is 0.137 e. The number of fused-ring (bicyclic) bond motifs is 3. The van der Waals surface area contributed by atoms with Gasteiger partial charge in [-0.3, -0.25) is 4.57 Å². The molecule has 7 aromatic rings. The van der Waals surface area contributed by atoms with Crippen molar-refractivity contribution in [2.24, 2.45) is 0 Å². The monoisotopic (exact) mass is 730 g/mol. The van der Waals surface area contributed by atoms with Crippen molar-refractivity contribution in [1.29, 1.82) is 0 Å². The third kappa shape index (κ3) is 7.85. The molecule has 3 heterocycles. The minimum atomic E-state index is -0.106. The summed E-state index contributed by atoms with van der Waals surface area (Å²) in [6, 6.07) is 35.1. The topological polar surface area (TPSA) is 44.9 Å². The summed E-state index contributed by atoms with van der Waals surface area (Å²) < 4.78 is 11.4. The number of benzene rings is 4. The van der Waals surface area contributed by atoms with Gasteiger partial charge in [0.15, 0.2) is 0 Å². The lowest BCUT2D eigenvalue weighted by atomic mass is 9.86. The van der Waals surface area contributed by atoms with Gasteiger partial charge in [0, 0.05) is 34.7 Å². The maximum Gasteiger partial charge on any atom is 0.137 e. The van der Waals surface area contributed by atoms with Crippen LogP contribution in [0.3, 0.4) is 0 Å². The van der Waals surface area contributed by atoms with Gasteiger partial charge in [-0.15, -0.1) is 0 Å². The molecule has 0 aliphatic carbocycles. The lowest BCUT2D eigenvalue weighted by Gasteiger charge is -2.22. The summed E-state index contributed by atoms with van der Waals surface area (Å²) in [5, 5.41) is 7.62. The fourth-order valence-electron chi connectivity index (χ4n) is 7.85. The second kappa shape index (κ2) is 15.2. The molecule has 5 heteroatoms. The van der Waals surface area contributed by atoms with E-state index in [-0.39, 0.29) is 16.7 Å². The van der Waals surface area contributed by atoms with E-state index in [1.807, 2.05) is 6.20 Å². The number of ether oxygens (including phenoxy) is 1. The molecule has 7 rings (SSSR count). The van der Waals surface area contributed by atoms with Crippen LogP contribution < -0.4 is 4.74 Å². The first-order chi connectivity index (χ1) is 26.2. The summed E-state index contributed by atoms with van der Waals surface area (Å²) >= 11 is 0. The number of hydrogen-bond donors (Lipinski definition) is 0. The molecule has 0 saturated carbocycles. The van der Waals surface area contributed by atoms with Gasteiger partial charge in [-0.05, 0) is 107 Å². The first-order valence-electron chi connectivity index (χ1n) is 20.3. The standard InChI is InChI=1S/C50H58N4O/c1-11-12-13-15-18-35-21-24-44-43(27-35)42-23-22-40(32-45(42)53(44)46-30-37(25-26-51-46)49(5,6)7)55-41-29-38(50(8,9)10)28-39(31-41)54-48(33(2)3)47(34(4)52-54)36-19-16-14-17-20-36/h14,16-17,19-33H,11-13,15,18H2,1-10H3. The van der Waals surface area contributed by atoms with E-state index in [0.717, 1.165) is 46.2 Å². The van der Waals surface area contributed by atoms with Crippen LogP contribution in [0.5, 0.6) is 11.5 Å². The minimum absolute atomic E-state index is 0.00340. The molecule has 0 bridgehead atoms. The highest BCUT2D eigenvalue weighted by atomic mass is 16.5. The molecular formula is C50H58N4O. The lowest BCUT2D eigenvalue weighted by Crippen LogP contribution is -2.13. The van der Waals surface area contributed by atoms with Crippen molar-refractivity contribution in [3.63, 3.8) is 0 Å². The quantitative estimate of drug-likeness (QED) is 0.125. The van der Waals surface area contributed by atoms with Gasteiger partial charge in [0.1, 0.15) is 17.3 Å². The highest BCUT2D eigenvalue weighted by Crippen LogP contribution is 2.40. The molecule has 0 unspecified atom stereocenters. The SMILES string of the molecule is CCCCCCc1ccc2c(c1)c1ccc(Oc3cc(-n4nc(C)c(-c5ccccc5)c4C(C)C)cc(C(C)(C)C)c3)cc1n2-c1cc(C(C)(C)C)ccn1. The average molecular weight is 731 g/mol. The fourth-order valence-corrected chi connectivity index (χ4v) is 7.85. The summed E-state index contributed by atoms with van der Waals surface area (Å²) in [7, 11) is 0. The molecule has 0 amide bonds. The Hall–Kier alpha value is -5.16. The number of unbranched alkanes of at least 4 members (excludes halogenated alkanes) is 3. The van der Waals surface area contributed by atoms with E-state index in [1.54, 1.807) is 0 Å². The van der Waals surface area contributed by atoms with Gasteiger partial charge in [0.2, 0.25) is 0 Å². The highest BCUT2D eigenvalue weighted by Gasteiger charge is 2.24. The zero-order valence-electron chi connectivity index (χ0n) is 34.6. The van der Waals surface area contributed by atoms with Crippen molar-refractivity contribution in [1.82, 2.24) is 19.3 Å². The van der Waals surface area contributed by atoms with Crippen LogP contribution in [-0.4, -0.2) is 19.3 Å². The molecule has 0 saturated heterocycles. The van der Waals surface area contributed by atoms with E-state index in [2.05, 4.69) is 176 Å². The van der Waals surface area contributed by atoms with E-state index in [0.29, 0.717) is 0 Å². The van der Waals surface area contributed by atoms with E-state index >= 15 is 0 Å². The lowest BCUT2D eigenvalue weighted by molar-refractivity contribution is 0.478. The van der Waals surface area contributed by atoms with Gasteiger partial charge in [-0.1, -0.05) is 118 Å². The van der Waals surface area contributed by atoms with E-state index in [9.17, 15) is 0 Å². The Morgan fingerprint density at radius 3 is 2.16 bits per heavy atom. The molecule has 55 heavy (non-hydrogen) atoms. The average Bonchev–Trinajstić information content (AvgIpc) is 3.67. The Morgan fingerprint density at radius 2 is 1.45 bits per heavy atom. The number of nitrogens with zero attached hydrogens (tertiary/aromatic N) is 4. The largest absolute Gasteiger partial charge is 0.457 e. The summed E-state index contributed by atoms with van der Waals surface area (Å²) in [6.45, 7) is 22.4. The van der Waals surface area contributed by atoms with Crippen molar-refractivity contribution >= 4 is 21.8 Å². The Balaban J connectivity index is 1.36. The molecule has 4 aromatic carbocycles. The van der Waals surface area contributed by atoms with Crippen LogP contribution in [0.4, 0.5) is 0 Å². The number of pyridine rings is 1. The van der Waals surface area contributed by atoms with Gasteiger partial charge in [0.05, 0.1) is 28.1 Å². The molecule has 5 nitrogen and oxygen atoms in total. The van der Waals surface area contributed by atoms with Crippen LogP contribution in [-0.2, 0) is 17.3 Å². The fraction of sp³-hybridized carbons (Fsp3) is 0.360. The summed E-state index contributed by atoms with van der Waals surface area (Å²) in [5.41, 5.74) is 11.6. The van der Waals surface area contributed by atoms with Crippen molar-refractivity contribution in [3.05, 3.63) is 131 Å². The Morgan fingerprint density at radius 1 is 0.691 bits per heavy atom. The summed E-state index contributed by atoms with van der Waals surface area (Å²) in [5.74, 6) is 2.74. The number of rotatable bonds is 11. The second-order valence-corrected chi connectivity index (χ2v) is 17.7. The molecule has 284 valence electrons. The third-order valence-corrected chi connectivity index (χ3v) is 10.9. The third-order valence-electron chi connectivity index (χ3n) is 10.9. The summed E-state index contributed by atoms with van der Waals surface area (Å²) in [6.07, 6.45) is 8.05. The van der Waals surface area contributed by atoms with Crippen molar-refractivity contribution < 1.29 is 4.74 Å². The van der Waals surface area contributed by atoms with Crippen LogP contribution in [0.25, 0.3) is 44.4 Å². The van der Waals surface area contributed by atoms with Gasteiger partial charge < -0.3 is 4.74 Å². The molecule has 0 spiro atoms. The summed E-state index contributed by atoms with van der Waals surface area (Å²) in [4.78, 5) is 4.95. The van der Waals surface area contributed by atoms with E-state index in [1.165, 1.54) is 70.0 Å². The van der Waals surface area contributed by atoms with Gasteiger partial charge in [0.25, 0.3) is 0 Å². The first kappa shape index (κ1) is 38.1. The van der Waals surface area contributed by atoms with Crippen molar-refractivity contribution in [2.75, 3.05) is 0 Å². The Labute approximate surface area is 328 Å². The van der Waals surface area contributed by atoms with Crippen LogP contribution in [0.15, 0.2) is 103 Å². The van der Waals surface area contributed by atoms with E-state index in [4.69, 9.17) is 14.8 Å². The predicted octanol–water partition coefficient (Wildman–Crippen LogP) is 14.0. The van der Waals surface area contributed by atoms with Crippen LogP contribution in [0.1, 0.15) is 122 Å². The number of hydrogen-bond acceptors (Lipinski definition) is 3. The Kier molecular flexibility index (Phi) is 10.5. The molecule has 0 N–H and O–H groups in total. The number of aryl methyl sites for hydroxylation is 2. The molecule has 0 radical (unpaired) electrons. The zero-order valence-corrected chi connectivity index (χ0v) is 34.6. The molecular weight excluding hydrogens is 673 g/mol. The Bertz CT molecular complexity index is 2450. The molecule has 0 aliphatic heterocycles. The van der Waals surface area contributed by atoms with Crippen LogP contribution in [0, 0.1) is 6.92 Å². The maximum atomic E-state index is 6.90. The molecule has 0 aliphatic rings. The van der Waals surface area contributed by atoms with Crippen LogP contribution in [0.2, 0.25) is 0 Å². The van der Waals surface area contributed by atoms with E-state index < -0.39 is 0 Å². The molecule has 0 fully saturated rings. The molecule has 0 atom stereocenters. The first-order valence-corrected chi connectivity index (χ1v) is 20.3. The van der Waals surface area contributed by atoms with Crippen molar-refractivity contribution in [2.45, 2.75) is 118 Å².